The average molecular weight is 1140 g/mol. The maximum Gasteiger partial charge on any atom is 0.127 e. The molecule has 0 aliphatic carbocycles. The number of hydrogen-bond acceptors (Lipinski definition) is 10. The molecule has 4 aromatic rings. The zero-order valence-corrected chi connectivity index (χ0v) is 56.0. The van der Waals surface area contributed by atoms with Crippen LogP contribution >= 0.6 is 0 Å². The number of nitrogens with zero attached hydrogens (tertiary/aromatic N) is 2. The first kappa shape index (κ1) is 82.8. The Labute approximate surface area is 500 Å². The molecule has 0 aliphatic heterocycles. The van der Waals surface area contributed by atoms with Crippen LogP contribution in [-0.4, -0.2) is 89.9 Å². The Bertz CT molecular complexity index is 1990. The number of phenolic OH excluding ortho intramolecular Hbond substituents is 2. The van der Waals surface area contributed by atoms with Gasteiger partial charge in [0.05, 0.1) is 11.4 Å². The summed E-state index contributed by atoms with van der Waals surface area (Å²) in [6.07, 6.45) is 3.00. The van der Waals surface area contributed by atoms with E-state index in [9.17, 15) is 10.2 Å². The zero-order valence-electron chi connectivity index (χ0n) is 52.9. The Hall–Kier alpha value is -2.99. The summed E-state index contributed by atoms with van der Waals surface area (Å²) in [7, 11) is 0. The largest absolute Gasteiger partial charge is 0.507 e. The monoisotopic (exact) mass is 1140 g/mol. The number of phenols is 2. The average Bonchev–Trinajstić information content (AvgIpc) is 3.21. The van der Waals surface area contributed by atoms with Gasteiger partial charge in [-0.05, 0) is 174 Å². The van der Waals surface area contributed by atoms with Gasteiger partial charge in [0.1, 0.15) is 11.5 Å². The fraction of sp³-hybridized carbons (Fsp3) is 0.600. The predicted molar refractivity (Wildman–Crippen MR) is 324 cm³/mol. The molecule has 0 spiro atoms. The van der Waals surface area contributed by atoms with Crippen LogP contribution in [0.3, 0.4) is 0 Å². The number of hydrogen-bond donors (Lipinski definition) is 8. The van der Waals surface area contributed by atoms with Crippen molar-refractivity contribution in [2.45, 2.75) is 258 Å². The number of aromatic hydroxyl groups is 2. The predicted octanol–water partition coefficient (Wildman–Crippen LogP) is 15.6. The molecule has 12 heteroatoms. The number of para-hydroxylation sites is 2. The summed E-state index contributed by atoms with van der Waals surface area (Å²) in [6, 6.07) is 21.1. The number of aliphatic imine (C=N–C) groups is 2. The number of benzene rings is 4. The smallest absolute Gasteiger partial charge is 0.127 e. The molecule has 0 unspecified atom stereocenters. The summed E-state index contributed by atoms with van der Waals surface area (Å²) < 4.78 is 0. The molecule has 4 aromatic carbocycles. The van der Waals surface area contributed by atoms with Gasteiger partial charge in [-0.15, -0.1) is 0 Å². The van der Waals surface area contributed by atoms with Crippen LogP contribution < -0.4 is 0 Å². The van der Waals surface area contributed by atoms with Gasteiger partial charge >= 0.3 is 0 Å². The number of rotatable bonds is 10. The molecule has 8 N–H and O–H groups in total. The molecule has 0 heterocycles. The van der Waals surface area contributed by atoms with Gasteiger partial charge in [0.15, 0.2) is 0 Å². The topological polar surface area (TPSA) is 187 Å². The van der Waals surface area contributed by atoms with E-state index in [2.05, 4.69) is 158 Å². The van der Waals surface area contributed by atoms with E-state index in [1.54, 1.807) is 83.1 Å². The van der Waals surface area contributed by atoms with E-state index in [0.29, 0.717) is 41.2 Å². The van der Waals surface area contributed by atoms with Gasteiger partial charge in [-0.25, -0.2) is 0 Å². The summed E-state index contributed by atoms with van der Waals surface area (Å²) in [4.78, 5) is 10.1. The Kier molecular flexibility index (Phi) is 44.2. The van der Waals surface area contributed by atoms with Crippen molar-refractivity contribution in [3.63, 3.8) is 0 Å². The Balaban J connectivity index is -0.000000558. The molecular weight excluding hydrogens is 1030 g/mol. The standard InChI is InChI=1S/C47H62N2O2.6C3H8O.2Ti/c1-28(2)38-17-15-18-39(29(3)4)42(38)48-26-34-24-36(46(9,10)11)22-32(44(34)50)21-33-23-37(47(12,13)14)25-35(45(33)51)27-49-43-40(30(5)6)19-16-20-41(43)31(7)8;6*1-3(2)4;;/h15-20,22-31,50-51H,21H2,1-14H3;6*3-4H,1-2H3;;. The van der Waals surface area contributed by atoms with Crippen LogP contribution in [0.2, 0.25) is 0 Å². The summed E-state index contributed by atoms with van der Waals surface area (Å²) >= 11 is 0. The summed E-state index contributed by atoms with van der Waals surface area (Å²) in [5.41, 5.74) is 11.4. The van der Waals surface area contributed by atoms with Crippen LogP contribution in [0.4, 0.5) is 11.4 Å². The van der Waals surface area contributed by atoms with Crippen LogP contribution in [-0.2, 0) is 60.7 Å². The van der Waals surface area contributed by atoms with Gasteiger partial charge in [0.25, 0.3) is 0 Å². The van der Waals surface area contributed by atoms with Crippen LogP contribution in [0.25, 0.3) is 0 Å². The van der Waals surface area contributed by atoms with E-state index in [-0.39, 0.29) is 102 Å². The fourth-order valence-corrected chi connectivity index (χ4v) is 6.57. The summed E-state index contributed by atoms with van der Waals surface area (Å²) in [5, 5.41) is 72.1. The normalized spacial score (nSPS) is 11.4. The van der Waals surface area contributed by atoms with Crippen molar-refractivity contribution in [2.75, 3.05) is 0 Å². The molecule has 4 rings (SSSR count). The molecule has 0 atom stereocenters. The maximum atomic E-state index is 11.9. The first-order valence-corrected chi connectivity index (χ1v) is 27.2. The minimum Gasteiger partial charge on any atom is -0.507 e. The Morgan fingerprint density at radius 3 is 0.740 bits per heavy atom. The molecule has 0 amide bonds. The maximum absolute atomic E-state index is 11.9. The molecule has 0 radical (unpaired) electrons. The first-order chi connectivity index (χ1) is 34.1. The first-order valence-electron chi connectivity index (χ1n) is 27.2. The summed E-state index contributed by atoms with van der Waals surface area (Å²) in [5.74, 6) is 1.62. The molecule has 0 aromatic heterocycles. The molecule has 10 nitrogen and oxygen atoms in total. The minimum absolute atomic E-state index is 0. The van der Waals surface area contributed by atoms with E-state index in [1.807, 2.05) is 12.4 Å². The minimum atomic E-state index is -0.172. The van der Waals surface area contributed by atoms with Crippen molar-refractivity contribution in [1.82, 2.24) is 0 Å². The van der Waals surface area contributed by atoms with Crippen molar-refractivity contribution >= 4 is 23.8 Å². The van der Waals surface area contributed by atoms with E-state index >= 15 is 0 Å². The zero-order chi connectivity index (χ0) is 59.5. The Morgan fingerprint density at radius 2 is 0.571 bits per heavy atom. The fourth-order valence-electron chi connectivity index (χ4n) is 6.57. The number of aliphatic hydroxyl groups excluding tert-OH is 6. The second-order valence-electron chi connectivity index (χ2n) is 24.1. The van der Waals surface area contributed by atoms with Gasteiger partial charge in [0.2, 0.25) is 0 Å². The van der Waals surface area contributed by atoms with Crippen molar-refractivity contribution < 1.29 is 84.3 Å². The van der Waals surface area contributed by atoms with Crippen LogP contribution in [0, 0.1) is 0 Å². The third kappa shape index (κ3) is 37.6. The second-order valence-corrected chi connectivity index (χ2v) is 24.1. The van der Waals surface area contributed by atoms with Crippen molar-refractivity contribution in [3.8, 4) is 11.5 Å². The molecule has 0 aliphatic rings. The van der Waals surface area contributed by atoms with Gasteiger partial charge in [-0.2, -0.15) is 0 Å². The van der Waals surface area contributed by atoms with E-state index in [1.165, 1.54) is 22.3 Å². The van der Waals surface area contributed by atoms with Crippen molar-refractivity contribution in [1.29, 1.82) is 0 Å². The van der Waals surface area contributed by atoms with E-state index in [0.717, 1.165) is 33.6 Å². The van der Waals surface area contributed by atoms with E-state index < -0.39 is 0 Å². The Morgan fingerprint density at radius 1 is 0.377 bits per heavy atom. The van der Waals surface area contributed by atoms with E-state index in [4.69, 9.17) is 40.6 Å². The molecule has 77 heavy (non-hydrogen) atoms. The summed E-state index contributed by atoms with van der Waals surface area (Å²) in [6.45, 7) is 51.3. The SMILES string of the molecule is CC(C)O.CC(C)O.CC(C)O.CC(C)O.CC(C)O.CC(C)O.CC(C)c1cccc(C(C)C)c1N=Cc1cc(C(C)(C)C)cc(Cc2cc(C(C)(C)C)cc(C=Nc3c(C(C)C)cccc3C(C)C)c2O)c1O.[Ti].[Ti]. The molecule has 0 bridgehead atoms. The van der Waals surface area contributed by atoms with Gasteiger partial charge < -0.3 is 40.9 Å². The molecule has 436 valence electrons. The molecule has 0 fully saturated rings. The van der Waals surface area contributed by atoms with Gasteiger partial charge in [0, 0.05) is 110 Å². The molecule has 0 saturated carbocycles. The third-order valence-electron chi connectivity index (χ3n) is 9.90. The third-order valence-corrected chi connectivity index (χ3v) is 9.90. The number of aliphatic hydroxyl groups is 6. The van der Waals surface area contributed by atoms with Crippen LogP contribution in [0.1, 0.15) is 259 Å². The molecular formula is C65H110N2O8Ti2. The second kappa shape index (κ2) is 41.1. The van der Waals surface area contributed by atoms with Crippen molar-refractivity contribution in [3.05, 3.63) is 116 Å². The van der Waals surface area contributed by atoms with Gasteiger partial charge in [-0.1, -0.05) is 145 Å². The molecule has 0 saturated heterocycles. The van der Waals surface area contributed by atoms with Crippen LogP contribution in [0.5, 0.6) is 11.5 Å². The van der Waals surface area contributed by atoms with Gasteiger partial charge in [-0.3, -0.25) is 9.98 Å². The quantitative estimate of drug-likeness (QED) is 0.0569. The van der Waals surface area contributed by atoms with Crippen LogP contribution in [0.15, 0.2) is 70.6 Å². The van der Waals surface area contributed by atoms with Crippen molar-refractivity contribution in [2.24, 2.45) is 9.98 Å².